The standard InChI is InChI=1S/C24H27N3O6S/c1-15-10-18-12-19(5-6-20(18)27(15)24(29)17-3-4-17)34(30,31)26-9-8-23(28)25-13-16-2-7-21-22(11-16)33-14-32-21/h2,5-7,11-12,15,17,26H,3-4,8-10,13-14H2,1H3,(H,25,28). The van der Waals surface area contributed by atoms with Crippen molar-refractivity contribution in [3.63, 3.8) is 0 Å². The van der Waals surface area contributed by atoms with Crippen LogP contribution in [-0.4, -0.2) is 39.6 Å². The summed E-state index contributed by atoms with van der Waals surface area (Å²) in [6, 6.07) is 10.3. The zero-order chi connectivity index (χ0) is 23.9. The minimum atomic E-state index is -3.77. The van der Waals surface area contributed by atoms with E-state index >= 15 is 0 Å². The molecule has 2 heterocycles. The van der Waals surface area contributed by atoms with Crippen LogP contribution in [0.15, 0.2) is 41.3 Å². The van der Waals surface area contributed by atoms with Gasteiger partial charge in [0.15, 0.2) is 11.5 Å². The molecule has 3 aliphatic rings. The molecule has 180 valence electrons. The molecule has 2 aromatic carbocycles. The Morgan fingerprint density at radius 2 is 1.88 bits per heavy atom. The lowest BCUT2D eigenvalue weighted by Crippen LogP contribution is -2.36. The number of anilines is 1. The highest BCUT2D eigenvalue weighted by atomic mass is 32.2. The maximum Gasteiger partial charge on any atom is 0.240 e. The minimum absolute atomic E-state index is 0.00935. The Morgan fingerprint density at radius 3 is 2.68 bits per heavy atom. The Balaban J connectivity index is 1.14. The van der Waals surface area contributed by atoms with Gasteiger partial charge in [-0.1, -0.05) is 6.07 Å². The molecule has 1 atom stereocenters. The van der Waals surface area contributed by atoms with Crippen molar-refractivity contribution >= 4 is 27.5 Å². The van der Waals surface area contributed by atoms with Gasteiger partial charge in [-0.2, -0.15) is 0 Å². The fourth-order valence-corrected chi connectivity index (χ4v) is 5.44. The van der Waals surface area contributed by atoms with Crippen molar-refractivity contribution in [1.82, 2.24) is 10.0 Å². The second kappa shape index (κ2) is 8.92. The summed E-state index contributed by atoms with van der Waals surface area (Å²) >= 11 is 0. The van der Waals surface area contributed by atoms with Crippen molar-refractivity contribution < 1.29 is 27.5 Å². The number of sulfonamides is 1. The van der Waals surface area contributed by atoms with Gasteiger partial charge in [-0.3, -0.25) is 9.59 Å². The lowest BCUT2D eigenvalue weighted by molar-refractivity contribution is -0.121. The van der Waals surface area contributed by atoms with Crippen LogP contribution in [0.5, 0.6) is 11.5 Å². The van der Waals surface area contributed by atoms with Crippen molar-refractivity contribution in [2.75, 3.05) is 18.2 Å². The fraction of sp³-hybridized carbons (Fsp3) is 0.417. The topological polar surface area (TPSA) is 114 Å². The summed E-state index contributed by atoms with van der Waals surface area (Å²) in [4.78, 5) is 26.7. The predicted octanol–water partition coefficient (Wildman–Crippen LogP) is 2.09. The first-order valence-electron chi connectivity index (χ1n) is 11.4. The highest BCUT2D eigenvalue weighted by Gasteiger charge is 2.39. The third kappa shape index (κ3) is 4.60. The number of nitrogens with zero attached hydrogens (tertiary/aromatic N) is 1. The Bertz CT molecular complexity index is 1240. The van der Waals surface area contributed by atoms with Crippen LogP contribution in [0, 0.1) is 5.92 Å². The smallest absolute Gasteiger partial charge is 0.240 e. The van der Waals surface area contributed by atoms with Gasteiger partial charge in [0.05, 0.1) is 4.90 Å². The lowest BCUT2D eigenvalue weighted by Gasteiger charge is -2.22. The number of carbonyl (C=O) groups is 2. The average Bonchev–Trinajstić information content (AvgIpc) is 3.46. The molecule has 1 saturated carbocycles. The van der Waals surface area contributed by atoms with Gasteiger partial charge in [0, 0.05) is 37.2 Å². The molecule has 2 amide bonds. The quantitative estimate of drug-likeness (QED) is 0.592. The van der Waals surface area contributed by atoms with Crippen LogP contribution in [0.25, 0.3) is 0 Å². The Labute approximate surface area is 198 Å². The maximum atomic E-state index is 12.8. The molecule has 2 aromatic rings. The summed E-state index contributed by atoms with van der Waals surface area (Å²) in [5.41, 5.74) is 2.51. The molecule has 0 saturated heterocycles. The van der Waals surface area contributed by atoms with Gasteiger partial charge in [0.1, 0.15) is 0 Å². The van der Waals surface area contributed by atoms with Crippen LogP contribution < -0.4 is 24.4 Å². The monoisotopic (exact) mass is 485 g/mol. The summed E-state index contributed by atoms with van der Waals surface area (Å²) in [7, 11) is -3.77. The van der Waals surface area contributed by atoms with Gasteiger partial charge in [0.25, 0.3) is 0 Å². The number of rotatable bonds is 8. The molecule has 0 aromatic heterocycles. The molecular weight excluding hydrogens is 458 g/mol. The van der Waals surface area contributed by atoms with E-state index in [9.17, 15) is 18.0 Å². The highest BCUT2D eigenvalue weighted by Crippen LogP contribution is 2.39. The van der Waals surface area contributed by atoms with E-state index in [1.165, 1.54) is 6.07 Å². The molecule has 2 N–H and O–H groups in total. The first kappa shape index (κ1) is 22.7. The van der Waals surface area contributed by atoms with E-state index in [2.05, 4.69) is 10.0 Å². The molecule has 2 aliphatic heterocycles. The van der Waals surface area contributed by atoms with E-state index in [4.69, 9.17) is 9.47 Å². The molecule has 1 aliphatic carbocycles. The zero-order valence-corrected chi connectivity index (χ0v) is 19.7. The number of hydrogen-bond acceptors (Lipinski definition) is 6. The Hall–Kier alpha value is -3.11. The molecule has 1 unspecified atom stereocenters. The van der Waals surface area contributed by atoms with Crippen molar-refractivity contribution in [2.24, 2.45) is 5.92 Å². The highest BCUT2D eigenvalue weighted by molar-refractivity contribution is 7.89. The third-order valence-electron chi connectivity index (χ3n) is 6.31. The first-order chi connectivity index (χ1) is 16.3. The number of hydrogen-bond donors (Lipinski definition) is 2. The normalized spacial score (nSPS) is 18.6. The molecule has 9 nitrogen and oxygen atoms in total. The molecule has 5 rings (SSSR count). The van der Waals surface area contributed by atoms with E-state index in [1.54, 1.807) is 29.2 Å². The van der Waals surface area contributed by atoms with Crippen molar-refractivity contribution in [3.8, 4) is 11.5 Å². The summed E-state index contributed by atoms with van der Waals surface area (Å²) in [6.45, 7) is 2.46. The molecule has 0 spiro atoms. The largest absolute Gasteiger partial charge is 0.454 e. The maximum absolute atomic E-state index is 12.8. The second-order valence-corrected chi connectivity index (χ2v) is 10.7. The van der Waals surface area contributed by atoms with Crippen LogP contribution in [0.3, 0.4) is 0 Å². The SMILES string of the molecule is CC1Cc2cc(S(=O)(=O)NCCC(=O)NCc3ccc4c(c3)OCO4)ccc2N1C(=O)C1CC1. The summed E-state index contributed by atoms with van der Waals surface area (Å²) in [6.07, 6.45) is 2.49. The van der Waals surface area contributed by atoms with Gasteiger partial charge >= 0.3 is 0 Å². The van der Waals surface area contributed by atoms with Crippen LogP contribution in [-0.2, 0) is 32.6 Å². The van der Waals surface area contributed by atoms with Crippen molar-refractivity contribution in [1.29, 1.82) is 0 Å². The van der Waals surface area contributed by atoms with E-state index in [-0.39, 0.29) is 48.4 Å². The van der Waals surface area contributed by atoms with Crippen molar-refractivity contribution in [2.45, 2.75) is 50.1 Å². The van der Waals surface area contributed by atoms with E-state index in [0.29, 0.717) is 24.5 Å². The summed E-state index contributed by atoms with van der Waals surface area (Å²) < 4.78 is 38.6. The van der Waals surface area contributed by atoms with E-state index in [1.807, 2.05) is 13.0 Å². The number of benzene rings is 2. The Kier molecular flexibility index (Phi) is 5.95. The zero-order valence-electron chi connectivity index (χ0n) is 18.9. The van der Waals surface area contributed by atoms with Gasteiger partial charge in [-0.25, -0.2) is 13.1 Å². The predicted molar refractivity (Wildman–Crippen MR) is 124 cm³/mol. The van der Waals surface area contributed by atoms with Gasteiger partial charge in [-0.15, -0.1) is 0 Å². The summed E-state index contributed by atoms with van der Waals surface area (Å²) in [5.74, 6) is 1.29. The first-order valence-corrected chi connectivity index (χ1v) is 12.9. The van der Waals surface area contributed by atoms with Crippen LogP contribution in [0.1, 0.15) is 37.3 Å². The number of carbonyl (C=O) groups excluding carboxylic acids is 2. The van der Waals surface area contributed by atoms with E-state index in [0.717, 1.165) is 29.7 Å². The molecule has 10 heteroatoms. The number of fused-ring (bicyclic) bond motifs is 2. The summed E-state index contributed by atoms with van der Waals surface area (Å²) in [5, 5.41) is 2.78. The third-order valence-corrected chi connectivity index (χ3v) is 7.77. The molecule has 34 heavy (non-hydrogen) atoms. The van der Waals surface area contributed by atoms with Gasteiger partial charge in [-0.05, 0) is 67.6 Å². The number of ether oxygens (including phenoxy) is 2. The van der Waals surface area contributed by atoms with Gasteiger partial charge < -0.3 is 19.7 Å². The molecular formula is C24H27N3O6S. The second-order valence-electron chi connectivity index (χ2n) is 8.94. The van der Waals surface area contributed by atoms with E-state index < -0.39 is 10.0 Å². The Morgan fingerprint density at radius 1 is 1.09 bits per heavy atom. The van der Waals surface area contributed by atoms with Crippen LogP contribution in [0.4, 0.5) is 5.69 Å². The van der Waals surface area contributed by atoms with Crippen molar-refractivity contribution in [3.05, 3.63) is 47.5 Å². The number of nitrogens with one attached hydrogen (secondary N) is 2. The molecule has 1 fully saturated rings. The molecule has 0 radical (unpaired) electrons. The lowest BCUT2D eigenvalue weighted by atomic mass is 10.1. The number of amides is 2. The minimum Gasteiger partial charge on any atom is -0.454 e. The van der Waals surface area contributed by atoms with Crippen LogP contribution in [0.2, 0.25) is 0 Å². The molecule has 0 bridgehead atoms. The fourth-order valence-electron chi connectivity index (χ4n) is 4.36. The average molecular weight is 486 g/mol. The van der Waals surface area contributed by atoms with Gasteiger partial charge in [0.2, 0.25) is 28.6 Å². The van der Waals surface area contributed by atoms with Crippen LogP contribution >= 0.6 is 0 Å².